The topological polar surface area (TPSA) is 44.4 Å². The highest BCUT2D eigenvalue weighted by Crippen LogP contribution is 2.33. The van der Waals surface area contributed by atoms with E-state index in [1.807, 2.05) is 7.05 Å². The van der Waals surface area contributed by atoms with Gasteiger partial charge in [-0.25, -0.2) is 0 Å². The first-order chi connectivity index (χ1) is 9.49. The predicted octanol–water partition coefficient (Wildman–Crippen LogP) is 3.30. The van der Waals surface area contributed by atoms with E-state index in [0.717, 1.165) is 19.5 Å². The van der Waals surface area contributed by atoms with Crippen LogP contribution in [0.4, 0.5) is 5.69 Å². The number of nitrogens with one attached hydrogen (secondary N) is 2. The number of halogens is 4. The van der Waals surface area contributed by atoms with Crippen LogP contribution in [0.5, 0.6) is 0 Å². The van der Waals surface area contributed by atoms with Crippen LogP contribution in [0, 0.1) is 0 Å². The number of rotatable bonds is 4. The van der Waals surface area contributed by atoms with Crippen molar-refractivity contribution in [3.63, 3.8) is 0 Å². The molecule has 4 nitrogen and oxygen atoms in total. The molecule has 21 heavy (non-hydrogen) atoms. The van der Waals surface area contributed by atoms with Crippen LogP contribution in [0.25, 0.3) is 0 Å². The highest BCUT2D eigenvalue weighted by Gasteiger charge is 2.23. The molecule has 1 amide bonds. The molecule has 0 aliphatic carbocycles. The van der Waals surface area contributed by atoms with E-state index in [4.69, 9.17) is 34.8 Å². The molecule has 1 heterocycles. The van der Waals surface area contributed by atoms with E-state index < -0.39 is 0 Å². The van der Waals surface area contributed by atoms with Crippen LogP contribution in [0.15, 0.2) is 12.1 Å². The molecule has 8 heteroatoms. The van der Waals surface area contributed by atoms with Crippen molar-refractivity contribution in [3.05, 3.63) is 27.2 Å². The molecule has 2 rings (SSSR count). The van der Waals surface area contributed by atoms with Crippen molar-refractivity contribution in [2.45, 2.75) is 12.5 Å². The largest absolute Gasteiger partial charge is 0.322 e. The van der Waals surface area contributed by atoms with Crippen LogP contribution in [-0.2, 0) is 4.79 Å². The van der Waals surface area contributed by atoms with Gasteiger partial charge in [-0.05, 0) is 25.6 Å². The molecule has 0 bridgehead atoms. The Morgan fingerprint density at radius 1 is 1.33 bits per heavy atom. The second-order valence-corrected chi connectivity index (χ2v) is 6.05. The van der Waals surface area contributed by atoms with Gasteiger partial charge in [-0.15, -0.1) is 12.4 Å². The van der Waals surface area contributed by atoms with Crippen molar-refractivity contribution in [3.8, 4) is 0 Å². The van der Waals surface area contributed by atoms with Gasteiger partial charge in [0, 0.05) is 24.2 Å². The lowest BCUT2D eigenvalue weighted by Crippen LogP contribution is -2.34. The summed E-state index contributed by atoms with van der Waals surface area (Å²) in [5.41, 5.74) is 0.409. The fraction of sp³-hybridized carbons (Fsp3) is 0.462. The van der Waals surface area contributed by atoms with Gasteiger partial charge >= 0.3 is 0 Å². The number of nitrogens with zero attached hydrogens (tertiary/aromatic N) is 1. The van der Waals surface area contributed by atoms with Gasteiger partial charge in [0.1, 0.15) is 0 Å². The van der Waals surface area contributed by atoms with Crippen LogP contribution in [-0.4, -0.2) is 43.5 Å². The first-order valence-electron chi connectivity index (χ1n) is 6.33. The molecule has 1 aromatic carbocycles. The summed E-state index contributed by atoms with van der Waals surface area (Å²) >= 11 is 17.9. The van der Waals surface area contributed by atoms with Gasteiger partial charge in [0.2, 0.25) is 5.91 Å². The molecule has 0 saturated carbocycles. The summed E-state index contributed by atoms with van der Waals surface area (Å²) in [5.74, 6) is -0.132. The first kappa shape index (κ1) is 18.8. The van der Waals surface area contributed by atoms with Gasteiger partial charge in [-0.3, -0.25) is 9.69 Å². The van der Waals surface area contributed by atoms with Crippen molar-refractivity contribution >= 4 is 58.8 Å². The molecule has 0 radical (unpaired) electrons. The highest BCUT2D eigenvalue weighted by atomic mass is 35.5. The normalized spacial score (nSPS) is 18.4. The fourth-order valence-corrected chi connectivity index (χ4v) is 3.17. The van der Waals surface area contributed by atoms with Gasteiger partial charge in [0.05, 0.1) is 22.3 Å². The van der Waals surface area contributed by atoms with E-state index >= 15 is 0 Å². The average Bonchev–Trinajstić information content (AvgIpc) is 2.81. The molecule has 1 unspecified atom stereocenters. The minimum atomic E-state index is -0.132. The summed E-state index contributed by atoms with van der Waals surface area (Å²) in [6.07, 6.45) is 1.05. The van der Waals surface area contributed by atoms with Gasteiger partial charge in [-0.2, -0.15) is 0 Å². The average molecular weight is 373 g/mol. The monoisotopic (exact) mass is 371 g/mol. The smallest absolute Gasteiger partial charge is 0.238 e. The minimum Gasteiger partial charge on any atom is -0.322 e. The summed E-state index contributed by atoms with van der Waals surface area (Å²) < 4.78 is 0. The standard InChI is InChI=1S/C13H16Cl3N3O.ClH/c1-17-9-2-3-19(6-9)7-12(20)18-13-10(15)4-8(14)5-11(13)16;/h4-5,9,17H,2-3,6-7H2,1H3,(H,18,20);1H. The number of benzene rings is 1. The predicted molar refractivity (Wildman–Crippen MR) is 91.3 cm³/mol. The van der Waals surface area contributed by atoms with Crippen molar-refractivity contribution in [2.75, 3.05) is 32.0 Å². The molecular formula is C13H17Cl4N3O. The Labute approximate surface area is 145 Å². The molecule has 1 aromatic rings. The van der Waals surface area contributed by atoms with E-state index in [2.05, 4.69) is 15.5 Å². The highest BCUT2D eigenvalue weighted by molar-refractivity contribution is 6.42. The third kappa shape index (κ3) is 5.16. The lowest BCUT2D eigenvalue weighted by molar-refractivity contribution is -0.117. The minimum absolute atomic E-state index is 0. The third-order valence-electron chi connectivity index (χ3n) is 3.32. The SMILES string of the molecule is CNC1CCN(CC(=O)Nc2c(Cl)cc(Cl)cc2Cl)C1.Cl. The lowest BCUT2D eigenvalue weighted by atomic mass is 10.3. The molecule has 1 aliphatic rings. The third-order valence-corrected chi connectivity index (χ3v) is 4.13. The summed E-state index contributed by atoms with van der Waals surface area (Å²) in [7, 11) is 1.93. The van der Waals surface area contributed by atoms with Crippen molar-refractivity contribution in [2.24, 2.45) is 0 Å². The first-order valence-corrected chi connectivity index (χ1v) is 7.47. The molecule has 2 N–H and O–H groups in total. The van der Waals surface area contributed by atoms with Gasteiger partial charge in [0.15, 0.2) is 0 Å². The molecule has 1 fully saturated rings. The number of carbonyl (C=O) groups excluding carboxylic acids is 1. The molecule has 0 spiro atoms. The van der Waals surface area contributed by atoms with E-state index in [1.165, 1.54) is 0 Å². The molecular weight excluding hydrogens is 356 g/mol. The number of likely N-dealkylation sites (tertiary alicyclic amines) is 1. The van der Waals surface area contributed by atoms with Crippen LogP contribution >= 0.6 is 47.2 Å². The van der Waals surface area contributed by atoms with E-state index in [9.17, 15) is 4.79 Å². The van der Waals surface area contributed by atoms with Crippen LogP contribution in [0.3, 0.4) is 0 Å². The van der Waals surface area contributed by atoms with Crippen molar-refractivity contribution < 1.29 is 4.79 Å². The zero-order chi connectivity index (χ0) is 14.7. The number of hydrogen-bond donors (Lipinski definition) is 2. The van der Waals surface area contributed by atoms with Crippen LogP contribution in [0.1, 0.15) is 6.42 Å². The maximum Gasteiger partial charge on any atom is 0.238 e. The number of likely N-dealkylation sites (N-methyl/N-ethyl adjacent to an activating group) is 1. The second kappa shape index (κ2) is 8.42. The Hall–Kier alpha value is -0.230. The Kier molecular flexibility index (Phi) is 7.54. The Bertz CT molecular complexity index is 489. The number of hydrogen-bond acceptors (Lipinski definition) is 3. The Morgan fingerprint density at radius 3 is 2.48 bits per heavy atom. The summed E-state index contributed by atoms with van der Waals surface area (Å²) in [6, 6.07) is 3.56. The summed E-state index contributed by atoms with van der Waals surface area (Å²) in [4.78, 5) is 14.1. The van der Waals surface area contributed by atoms with Crippen molar-refractivity contribution in [1.29, 1.82) is 0 Å². The summed E-state index contributed by atoms with van der Waals surface area (Å²) in [6.45, 7) is 2.10. The van der Waals surface area contributed by atoms with Gasteiger partial charge in [-0.1, -0.05) is 34.8 Å². The molecule has 118 valence electrons. The fourth-order valence-electron chi connectivity index (χ4n) is 2.26. The van der Waals surface area contributed by atoms with Gasteiger partial charge in [0.25, 0.3) is 0 Å². The maximum atomic E-state index is 12.0. The summed E-state index contributed by atoms with van der Waals surface area (Å²) in [5, 5.41) is 7.07. The molecule has 1 aliphatic heterocycles. The maximum absolute atomic E-state index is 12.0. The van der Waals surface area contributed by atoms with E-state index in [1.54, 1.807) is 12.1 Å². The quantitative estimate of drug-likeness (QED) is 0.852. The lowest BCUT2D eigenvalue weighted by Gasteiger charge is -2.16. The second-order valence-electron chi connectivity index (χ2n) is 4.80. The van der Waals surface area contributed by atoms with Gasteiger partial charge < -0.3 is 10.6 Å². The zero-order valence-corrected chi connectivity index (χ0v) is 14.5. The zero-order valence-electron chi connectivity index (χ0n) is 11.5. The number of anilines is 1. The van der Waals surface area contributed by atoms with E-state index in [-0.39, 0.29) is 18.3 Å². The van der Waals surface area contributed by atoms with Crippen LogP contribution < -0.4 is 10.6 Å². The Balaban J connectivity index is 0.00000220. The molecule has 1 atom stereocenters. The van der Waals surface area contributed by atoms with Crippen molar-refractivity contribution in [1.82, 2.24) is 10.2 Å². The molecule has 0 aromatic heterocycles. The Morgan fingerprint density at radius 2 is 1.95 bits per heavy atom. The number of amides is 1. The van der Waals surface area contributed by atoms with Crippen LogP contribution in [0.2, 0.25) is 15.1 Å². The molecule has 1 saturated heterocycles. The number of carbonyl (C=O) groups is 1. The van der Waals surface area contributed by atoms with E-state index in [0.29, 0.717) is 33.3 Å².